The third-order valence-corrected chi connectivity index (χ3v) is 5.22. The molecule has 3 aromatic rings. The van der Waals surface area contributed by atoms with Crippen molar-refractivity contribution in [3.63, 3.8) is 0 Å². The molecule has 0 amide bonds. The highest BCUT2D eigenvalue weighted by atomic mass is 19.3. The van der Waals surface area contributed by atoms with E-state index in [0.29, 0.717) is 17.2 Å². The van der Waals surface area contributed by atoms with Crippen molar-refractivity contribution in [1.29, 1.82) is 0 Å². The molecular formula is C27H23F5O2. The highest BCUT2D eigenvalue weighted by Crippen LogP contribution is 2.26. The quantitative estimate of drug-likeness (QED) is 0.103. The molecule has 0 saturated heterocycles. The van der Waals surface area contributed by atoms with E-state index in [9.17, 15) is 26.7 Å². The Morgan fingerprint density at radius 1 is 0.882 bits per heavy atom. The summed E-state index contributed by atoms with van der Waals surface area (Å²) < 4.78 is 72.6. The van der Waals surface area contributed by atoms with E-state index in [0.717, 1.165) is 49.4 Å². The minimum absolute atomic E-state index is 0.330. The van der Waals surface area contributed by atoms with Crippen LogP contribution in [0.5, 0.6) is 5.75 Å². The first-order chi connectivity index (χ1) is 16.3. The Morgan fingerprint density at radius 3 is 2.32 bits per heavy atom. The van der Waals surface area contributed by atoms with Crippen LogP contribution in [-0.2, 0) is 6.42 Å². The molecule has 7 heteroatoms. The second kappa shape index (κ2) is 11.6. The normalized spacial score (nSPS) is 11.4. The van der Waals surface area contributed by atoms with Crippen molar-refractivity contribution in [3.05, 3.63) is 99.9 Å². The van der Waals surface area contributed by atoms with E-state index >= 15 is 0 Å². The Hall–Kier alpha value is -3.48. The van der Waals surface area contributed by atoms with Gasteiger partial charge >= 0.3 is 5.97 Å². The van der Waals surface area contributed by atoms with Gasteiger partial charge in [0.25, 0.3) is 6.43 Å². The molecule has 0 radical (unpaired) electrons. The lowest BCUT2D eigenvalue weighted by Crippen LogP contribution is -2.11. The van der Waals surface area contributed by atoms with Crippen LogP contribution in [0.3, 0.4) is 0 Å². The monoisotopic (exact) mass is 474 g/mol. The molecule has 0 aromatic heterocycles. The molecule has 34 heavy (non-hydrogen) atoms. The van der Waals surface area contributed by atoms with Gasteiger partial charge in [0.05, 0.1) is 11.1 Å². The number of alkyl halides is 2. The van der Waals surface area contributed by atoms with Crippen molar-refractivity contribution in [3.8, 4) is 5.75 Å². The number of benzene rings is 3. The van der Waals surface area contributed by atoms with Crippen LogP contribution in [0.15, 0.2) is 54.6 Å². The summed E-state index contributed by atoms with van der Waals surface area (Å²) in [6, 6.07) is 11.1. The van der Waals surface area contributed by atoms with Crippen LogP contribution in [0.25, 0.3) is 12.2 Å². The number of esters is 1. The number of hydrogen-bond acceptors (Lipinski definition) is 2. The molecular weight excluding hydrogens is 451 g/mol. The summed E-state index contributed by atoms with van der Waals surface area (Å²) in [5.41, 5.74) is 0.397. The van der Waals surface area contributed by atoms with Crippen molar-refractivity contribution in [1.82, 2.24) is 0 Å². The molecule has 0 aliphatic carbocycles. The van der Waals surface area contributed by atoms with Gasteiger partial charge in [-0.25, -0.2) is 26.7 Å². The van der Waals surface area contributed by atoms with E-state index in [1.165, 1.54) is 30.4 Å². The minimum atomic E-state index is -3.01. The zero-order chi connectivity index (χ0) is 24.7. The topological polar surface area (TPSA) is 26.3 Å². The van der Waals surface area contributed by atoms with Crippen LogP contribution in [0.4, 0.5) is 22.0 Å². The fraction of sp³-hybridized carbons (Fsp3) is 0.222. The van der Waals surface area contributed by atoms with Crippen molar-refractivity contribution in [2.24, 2.45) is 0 Å². The minimum Gasteiger partial charge on any atom is -0.423 e. The van der Waals surface area contributed by atoms with E-state index in [1.807, 2.05) is 6.07 Å². The van der Waals surface area contributed by atoms with Crippen molar-refractivity contribution in [2.45, 2.75) is 39.0 Å². The van der Waals surface area contributed by atoms with Crippen molar-refractivity contribution in [2.75, 3.05) is 0 Å². The summed E-state index contributed by atoms with van der Waals surface area (Å²) in [5.74, 6) is -3.95. The SMILES string of the molecule is CCCCCc1ccc(C=Cc2ccc(C(=O)Oc3ccc(C(F)F)c(F)c3)c(F)c2)c(F)c1. The number of aryl methyl sites for hydroxylation is 1. The van der Waals surface area contributed by atoms with E-state index in [4.69, 9.17) is 4.74 Å². The van der Waals surface area contributed by atoms with Crippen molar-refractivity contribution >= 4 is 18.1 Å². The van der Waals surface area contributed by atoms with Gasteiger partial charge in [-0.3, -0.25) is 0 Å². The van der Waals surface area contributed by atoms with Gasteiger partial charge in [-0.1, -0.05) is 50.1 Å². The van der Waals surface area contributed by atoms with Gasteiger partial charge in [-0.2, -0.15) is 0 Å². The number of halogens is 5. The first-order valence-electron chi connectivity index (χ1n) is 10.8. The number of ether oxygens (including phenoxy) is 1. The van der Waals surface area contributed by atoms with Gasteiger partial charge in [0.15, 0.2) is 0 Å². The maximum Gasteiger partial charge on any atom is 0.346 e. The Kier molecular flexibility index (Phi) is 8.57. The molecule has 3 aromatic carbocycles. The molecule has 0 aliphatic heterocycles. The van der Waals surface area contributed by atoms with Crippen LogP contribution < -0.4 is 4.74 Å². The Morgan fingerprint density at radius 2 is 1.68 bits per heavy atom. The fourth-order valence-electron chi connectivity index (χ4n) is 3.34. The van der Waals surface area contributed by atoms with E-state index in [-0.39, 0.29) is 11.6 Å². The summed E-state index contributed by atoms with van der Waals surface area (Å²) in [7, 11) is 0. The maximum absolute atomic E-state index is 14.5. The first-order valence-corrected chi connectivity index (χ1v) is 10.8. The van der Waals surface area contributed by atoms with Crippen LogP contribution >= 0.6 is 0 Å². The molecule has 0 fully saturated rings. The number of unbranched alkanes of at least 4 members (excludes halogenated alkanes) is 2. The summed E-state index contributed by atoms with van der Waals surface area (Å²) in [6.07, 6.45) is 3.97. The molecule has 0 spiro atoms. The summed E-state index contributed by atoms with van der Waals surface area (Å²) in [6.45, 7) is 2.10. The van der Waals surface area contributed by atoms with Crippen LogP contribution in [0.1, 0.15) is 65.2 Å². The van der Waals surface area contributed by atoms with E-state index in [2.05, 4.69) is 6.92 Å². The Balaban J connectivity index is 1.68. The number of hydrogen-bond donors (Lipinski definition) is 0. The predicted molar refractivity (Wildman–Crippen MR) is 121 cm³/mol. The van der Waals surface area contributed by atoms with Gasteiger partial charge in [-0.15, -0.1) is 0 Å². The highest BCUT2D eigenvalue weighted by molar-refractivity contribution is 5.91. The molecule has 0 aliphatic rings. The van der Waals surface area contributed by atoms with Crippen LogP contribution in [0.2, 0.25) is 0 Å². The summed E-state index contributed by atoms with van der Waals surface area (Å²) >= 11 is 0. The molecule has 0 bridgehead atoms. The third kappa shape index (κ3) is 6.53. The molecule has 3 rings (SSSR count). The van der Waals surface area contributed by atoms with Crippen molar-refractivity contribution < 1.29 is 31.5 Å². The highest BCUT2D eigenvalue weighted by Gasteiger charge is 2.18. The second-order valence-corrected chi connectivity index (χ2v) is 7.76. The lowest BCUT2D eigenvalue weighted by molar-refractivity contribution is 0.0729. The average molecular weight is 474 g/mol. The summed E-state index contributed by atoms with van der Waals surface area (Å²) in [4.78, 5) is 12.2. The molecule has 178 valence electrons. The van der Waals surface area contributed by atoms with E-state index < -0.39 is 35.2 Å². The van der Waals surface area contributed by atoms with Gasteiger partial charge in [-0.05, 0) is 54.3 Å². The standard InChI is InChI=1S/C27H23F5O2/c1-2-3-4-5-17-6-9-19(23(28)14-17)10-7-18-8-12-22(24(29)15-18)27(33)34-20-11-13-21(26(31)32)25(30)16-20/h6-16,26H,2-5H2,1H3. The zero-order valence-corrected chi connectivity index (χ0v) is 18.5. The second-order valence-electron chi connectivity index (χ2n) is 7.76. The number of carbonyl (C=O) groups excluding carboxylic acids is 1. The Bertz CT molecular complexity index is 1190. The fourth-order valence-corrected chi connectivity index (χ4v) is 3.34. The van der Waals surface area contributed by atoms with Gasteiger partial charge in [0.1, 0.15) is 23.2 Å². The third-order valence-electron chi connectivity index (χ3n) is 5.22. The van der Waals surface area contributed by atoms with E-state index in [1.54, 1.807) is 6.07 Å². The molecule has 0 N–H and O–H groups in total. The Labute approximate surface area is 194 Å². The van der Waals surface area contributed by atoms with Crippen LogP contribution in [0, 0.1) is 17.5 Å². The molecule has 0 heterocycles. The van der Waals surface area contributed by atoms with Crippen LogP contribution in [-0.4, -0.2) is 5.97 Å². The first kappa shape index (κ1) is 25.1. The predicted octanol–water partition coefficient (Wildman–Crippen LogP) is 8.16. The summed E-state index contributed by atoms with van der Waals surface area (Å²) in [5, 5.41) is 0. The van der Waals surface area contributed by atoms with Gasteiger partial charge in [0, 0.05) is 11.6 Å². The number of rotatable bonds is 9. The number of carbonyl (C=O) groups is 1. The zero-order valence-electron chi connectivity index (χ0n) is 18.5. The molecule has 0 unspecified atom stereocenters. The molecule has 0 atom stereocenters. The van der Waals surface area contributed by atoms with Gasteiger partial charge in [0.2, 0.25) is 0 Å². The lowest BCUT2D eigenvalue weighted by Gasteiger charge is -2.08. The molecule has 2 nitrogen and oxygen atoms in total. The largest absolute Gasteiger partial charge is 0.423 e. The van der Waals surface area contributed by atoms with Gasteiger partial charge < -0.3 is 4.74 Å². The lowest BCUT2D eigenvalue weighted by atomic mass is 10.0. The molecule has 0 saturated carbocycles. The maximum atomic E-state index is 14.5. The smallest absolute Gasteiger partial charge is 0.346 e. The average Bonchev–Trinajstić information content (AvgIpc) is 2.78.